The quantitative estimate of drug-likeness (QED) is 0.458. The normalized spacial score (nSPS) is 25.1. The molecule has 6 rings (SSSR count). The van der Waals surface area contributed by atoms with Crippen LogP contribution >= 0.6 is 11.3 Å². The molecule has 23 heavy (non-hydrogen) atoms. The van der Waals surface area contributed by atoms with E-state index < -0.39 is 8.07 Å². The molecule has 4 aliphatic rings. The molecule has 2 aliphatic heterocycles. The Balaban J connectivity index is 0.000000118. The summed E-state index contributed by atoms with van der Waals surface area (Å²) in [7, 11) is -0.972. The first-order valence-electron chi connectivity index (χ1n) is 8.20. The van der Waals surface area contributed by atoms with E-state index >= 15 is 0 Å². The minimum absolute atomic E-state index is 0.721. The number of allylic oxidation sites excluding steroid dienone is 2. The first-order chi connectivity index (χ1) is 10.9. The molecule has 0 saturated carbocycles. The minimum atomic E-state index is -0.972. The Bertz CT molecular complexity index is 856. The molecule has 2 aliphatic carbocycles. The zero-order chi connectivity index (χ0) is 16.4. The third-order valence-electron chi connectivity index (χ3n) is 5.57. The summed E-state index contributed by atoms with van der Waals surface area (Å²) in [4.78, 5) is 1.63. The Morgan fingerprint density at radius 3 is 2.43 bits per heavy atom. The molecule has 0 spiro atoms. The summed E-state index contributed by atoms with van der Waals surface area (Å²) in [5, 5.41) is 4.02. The van der Waals surface area contributed by atoms with E-state index in [1.54, 1.807) is 45.9 Å². The molecular weight excluding hydrogens is 392 g/mol. The fourth-order valence-corrected chi connectivity index (χ4v) is 11.7. The van der Waals surface area contributed by atoms with Gasteiger partial charge in [-0.05, 0) is 29.1 Å². The van der Waals surface area contributed by atoms with Gasteiger partial charge in [-0.15, -0.1) is 11.3 Å². The van der Waals surface area contributed by atoms with Gasteiger partial charge in [0.25, 0.3) is 0 Å². The molecule has 1 aromatic carbocycles. The van der Waals surface area contributed by atoms with Crippen LogP contribution in [0.15, 0.2) is 46.9 Å². The number of rotatable bonds is 0. The zero-order valence-electron chi connectivity index (χ0n) is 14.1. The molecule has 3 heterocycles. The van der Waals surface area contributed by atoms with Gasteiger partial charge in [0, 0.05) is 10.4 Å². The summed E-state index contributed by atoms with van der Waals surface area (Å²) in [5.74, 6) is 0. The van der Waals surface area contributed by atoms with Gasteiger partial charge in [-0.25, -0.2) is 0 Å². The van der Waals surface area contributed by atoms with Crippen molar-refractivity contribution >= 4 is 30.7 Å². The maximum absolute atomic E-state index is 2.51. The maximum atomic E-state index is 2.51. The van der Waals surface area contributed by atoms with Crippen molar-refractivity contribution in [3.05, 3.63) is 68.4 Å². The summed E-state index contributed by atoms with van der Waals surface area (Å²) in [5.41, 5.74) is 8.69. The summed E-state index contributed by atoms with van der Waals surface area (Å²) >= 11 is 3.55. The molecule has 0 saturated heterocycles. The summed E-state index contributed by atoms with van der Waals surface area (Å²) in [6, 6.07) is 11.0. The molecule has 2 aromatic rings. The molecule has 3 heteroatoms. The van der Waals surface area contributed by atoms with Crippen LogP contribution in [-0.4, -0.2) is 8.07 Å². The Kier molecular flexibility index (Phi) is 3.83. The van der Waals surface area contributed by atoms with Gasteiger partial charge in [-0.2, -0.15) is 0 Å². The number of benzene rings is 1. The molecule has 0 nitrogen and oxygen atoms in total. The van der Waals surface area contributed by atoms with E-state index in [9.17, 15) is 0 Å². The number of fused-ring (bicyclic) bond motifs is 1. The molecular formula is C20H21SSiZr. The monoisotopic (exact) mass is 411 g/mol. The first-order valence-corrected chi connectivity index (χ1v) is 13.6. The van der Waals surface area contributed by atoms with Gasteiger partial charge in [0.05, 0.1) is 8.07 Å². The van der Waals surface area contributed by atoms with Gasteiger partial charge in [0.15, 0.2) is 0 Å². The average molecular weight is 413 g/mol. The van der Waals surface area contributed by atoms with E-state index in [1.807, 2.05) is 11.3 Å². The third-order valence-corrected chi connectivity index (χ3v) is 12.7. The van der Waals surface area contributed by atoms with Crippen molar-refractivity contribution in [3.8, 4) is 0 Å². The third kappa shape index (κ3) is 2.23. The van der Waals surface area contributed by atoms with Crippen LogP contribution in [0, 0.1) is 0 Å². The van der Waals surface area contributed by atoms with Crippen LogP contribution in [0.1, 0.15) is 44.6 Å². The van der Waals surface area contributed by atoms with Gasteiger partial charge < -0.3 is 0 Å². The second-order valence-electron chi connectivity index (χ2n) is 7.37. The average Bonchev–Trinajstić information content (AvgIpc) is 3.18. The standard InChI is InChI=1S/C10H12SSi.C10H9.Zr/c1-6-9-7-4-5-11-8(7)10(6)12(9,2)3;1-8-6-9-4-2-3-5-10(9)7-8;/h4-5,9H,1-3H3;2-7H,1H3;. The van der Waals surface area contributed by atoms with Crippen molar-refractivity contribution in [2.75, 3.05) is 0 Å². The summed E-state index contributed by atoms with van der Waals surface area (Å²) < 4.78 is 0.721. The van der Waals surface area contributed by atoms with Crippen molar-refractivity contribution < 1.29 is 24.7 Å². The fourth-order valence-electron chi connectivity index (χ4n) is 4.58. The summed E-state index contributed by atoms with van der Waals surface area (Å²) in [6.07, 6.45) is 2.30. The summed E-state index contributed by atoms with van der Waals surface area (Å²) in [6.45, 7) is 9.56. The molecule has 0 fully saturated rings. The van der Waals surface area contributed by atoms with Crippen molar-refractivity contribution in [3.63, 3.8) is 0 Å². The number of hydrogen-bond donors (Lipinski definition) is 0. The Morgan fingerprint density at radius 1 is 1.04 bits per heavy atom. The van der Waals surface area contributed by atoms with Crippen LogP contribution in [0.4, 0.5) is 0 Å². The first kappa shape index (κ1) is 16.0. The Morgan fingerprint density at radius 2 is 1.78 bits per heavy atom. The van der Waals surface area contributed by atoms with Crippen molar-refractivity contribution in [1.29, 1.82) is 0 Å². The van der Waals surface area contributed by atoms with Gasteiger partial charge in [-0.1, -0.05) is 18.7 Å². The van der Waals surface area contributed by atoms with Gasteiger partial charge in [-0.3, -0.25) is 0 Å². The van der Waals surface area contributed by atoms with Crippen LogP contribution in [0.2, 0.25) is 13.1 Å². The molecule has 2 unspecified atom stereocenters. The Hall–Kier alpha value is -0.500. The van der Waals surface area contributed by atoms with E-state index in [1.165, 1.54) is 16.7 Å². The molecule has 2 atom stereocenters. The van der Waals surface area contributed by atoms with Crippen LogP contribution in [0.25, 0.3) is 11.3 Å². The van der Waals surface area contributed by atoms with Crippen LogP contribution in [0.3, 0.4) is 0 Å². The van der Waals surface area contributed by atoms with Crippen LogP contribution < -0.4 is 0 Å². The number of hydrogen-bond acceptors (Lipinski definition) is 1. The molecule has 0 amide bonds. The predicted octanol–water partition coefficient (Wildman–Crippen LogP) is 6.11. The van der Waals surface area contributed by atoms with Crippen molar-refractivity contribution in [2.24, 2.45) is 0 Å². The topological polar surface area (TPSA) is 0 Å². The van der Waals surface area contributed by atoms with Crippen LogP contribution in [0.5, 0.6) is 0 Å². The predicted molar refractivity (Wildman–Crippen MR) is 100.0 cm³/mol. The SMILES string of the molecule is CC1=C2c3sccc3C1[Si]2(C)C.CC1=Cc2ccccc2[CH]1[Zr]. The Labute approximate surface area is 159 Å². The number of thiophene rings is 1. The molecule has 0 radical (unpaired) electrons. The van der Waals surface area contributed by atoms with E-state index in [4.69, 9.17) is 0 Å². The molecule has 0 N–H and O–H groups in total. The van der Waals surface area contributed by atoms with Gasteiger partial charge in [0.2, 0.25) is 0 Å². The fraction of sp³-hybridized carbons (Fsp3) is 0.300. The van der Waals surface area contributed by atoms with Gasteiger partial charge in [0.1, 0.15) is 0 Å². The van der Waals surface area contributed by atoms with E-state index in [2.05, 4.69) is 68.7 Å². The second-order valence-corrected chi connectivity index (χ2v) is 14.2. The van der Waals surface area contributed by atoms with Crippen LogP contribution in [-0.2, 0) is 24.7 Å². The van der Waals surface area contributed by atoms with E-state index in [0.717, 1.165) is 9.17 Å². The zero-order valence-corrected chi connectivity index (χ0v) is 18.4. The van der Waals surface area contributed by atoms with E-state index in [0.29, 0.717) is 0 Å². The van der Waals surface area contributed by atoms with Crippen molar-refractivity contribution in [1.82, 2.24) is 0 Å². The second kappa shape index (κ2) is 5.51. The molecule has 115 valence electrons. The van der Waals surface area contributed by atoms with Gasteiger partial charge >= 0.3 is 82.3 Å². The molecule has 2 bridgehead atoms. The molecule has 1 aromatic heterocycles. The van der Waals surface area contributed by atoms with Crippen molar-refractivity contribution in [2.45, 2.75) is 36.1 Å². The van der Waals surface area contributed by atoms with E-state index in [-0.39, 0.29) is 0 Å².